The Labute approximate surface area is 182 Å². The summed E-state index contributed by atoms with van der Waals surface area (Å²) in [5.41, 5.74) is 1.45. The third-order valence-corrected chi connectivity index (χ3v) is 5.88. The lowest BCUT2D eigenvalue weighted by Gasteiger charge is -2.37. The lowest BCUT2D eigenvalue weighted by atomic mass is 9.99. The van der Waals surface area contributed by atoms with Crippen LogP contribution in [0.3, 0.4) is 0 Å². The van der Waals surface area contributed by atoms with Crippen LogP contribution in [0.4, 0.5) is 0 Å². The molecule has 152 valence electrons. The summed E-state index contributed by atoms with van der Waals surface area (Å²) < 4.78 is 0. The molecule has 2 saturated heterocycles. The maximum Gasteiger partial charge on any atom is 0.193 e. The van der Waals surface area contributed by atoms with Crippen LogP contribution in [0, 0.1) is 5.92 Å². The second kappa shape index (κ2) is 11.2. The standard InChI is InChI=1S/C21H35N5.HI/c1-18(25-13-11-24(3)12-14-25)16-23-21(22-2)26-10-9-20(17-26)15-19-7-5-4-6-8-19;/h4-8,18,20H,9-17H2,1-3H3,(H,22,23);1H. The molecule has 0 bridgehead atoms. The zero-order chi connectivity index (χ0) is 18.4. The van der Waals surface area contributed by atoms with Gasteiger partial charge in [-0.2, -0.15) is 0 Å². The van der Waals surface area contributed by atoms with E-state index in [-0.39, 0.29) is 24.0 Å². The van der Waals surface area contributed by atoms with Crippen LogP contribution in [0.5, 0.6) is 0 Å². The van der Waals surface area contributed by atoms with Crippen molar-refractivity contribution in [2.75, 3.05) is 59.9 Å². The summed E-state index contributed by atoms with van der Waals surface area (Å²) in [5.74, 6) is 1.80. The number of halogens is 1. The minimum Gasteiger partial charge on any atom is -0.355 e. The van der Waals surface area contributed by atoms with Gasteiger partial charge in [-0.3, -0.25) is 9.89 Å². The minimum atomic E-state index is 0. The molecular weight excluding hydrogens is 449 g/mol. The largest absolute Gasteiger partial charge is 0.355 e. The van der Waals surface area contributed by atoms with Gasteiger partial charge in [0.2, 0.25) is 0 Å². The number of hydrogen-bond donors (Lipinski definition) is 1. The molecule has 2 aliphatic rings. The molecule has 1 aromatic rings. The van der Waals surface area contributed by atoms with Gasteiger partial charge in [-0.15, -0.1) is 24.0 Å². The topological polar surface area (TPSA) is 34.1 Å². The predicted molar refractivity (Wildman–Crippen MR) is 125 cm³/mol. The van der Waals surface area contributed by atoms with Gasteiger partial charge in [-0.1, -0.05) is 30.3 Å². The van der Waals surface area contributed by atoms with Gasteiger partial charge in [-0.25, -0.2) is 0 Å². The highest BCUT2D eigenvalue weighted by atomic mass is 127. The molecule has 0 radical (unpaired) electrons. The summed E-state index contributed by atoms with van der Waals surface area (Å²) in [6, 6.07) is 11.4. The monoisotopic (exact) mass is 485 g/mol. The number of hydrogen-bond acceptors (Lipinski definition) is 3. The van der Waals surface area contributed by atoms with Gasteiger partial charge in [0, 0.05) is 58.9 Å². The van der Waals surface area contributed by atoms with E-state index in [1.165, 1.54) is 44.6 Å². The van der Waals surface area contributed by atoms with E-state index in [9.17, 15) is 0 Å². The van der Waals surface area contributed by atoms with Crippen molar-refractivity contribution in [1.29, 1.82) is 0 Å². The zero-order valence-electron chi connectivity index (χ0n) is 17.1. The highest BCUT2D eigenvalue weighted by Gasteiger charge is 2.26. The first kappa shape index (κ1) is 22.4. The smallest absolute Gasteiger partial charge is 0.193 e. The van der Waals surface area contributed by atoms with Gasteiger partial charge in [0.15, 0.2) is 5.96 Å². The number of nitrogens with zero attached hydrogens (tertiary/aromatic N) is 4. The molecule has 2 atom stereocenters. The van der Waals surface area contributed by atoms with Crippen LogP contribution in [0.15, 0.2) is 35.3 Å². The Kier molecular flexibility index (Phi) is 9.32. The number of guanidine groups is 1. The van der Waals surface area contributed by atoms with Crippen molar-refractivity contribution in [3.05, 3.63) is 35.9 Å². The molecule has 2 fully saturated rings. The summed E-state index contributed by atoms with van der Waals surface area (Å²) in [7, 11) is 4.12. The van der Waals surface area contributed by atoms with Gasteiger partial charge >= 0.3 is 0 Å². The Hall–Kier alpha value is -0.860. The molecule has 0 aliphatic carbocycles. The molecule has 0 aromatic heterocycles. The highest BCUT2D eigenvalue weighted by Crippen LogP contribution is 2.20. The number of likely N-dealkylation sites (N-methyl/N-ethyl adjacent to an activating group) is 1. The van der Waals surface area contributed by atoms with Crippen molar-refractivity contribution >= 4 is 29.9 Å². The average Bonchev–Trinajstić information content (AvgIpc) is 3.12. The Morgan fingerprint density at radius 2 is 1.85 bits per heavy atom. The second-order valence-electron chi connectivity index (χ2n) is 7.91. The molecule has 0 spiro atoms. The Balaban J connectivity index is 0.00000261. The Morgan fingerprint density at radius 1 is 1.15 bits per heavy atom. The van der Waals surface area contributed by atoms with Crippen molar-refractivity contribution in [1.82, 2.24) is 20.0 Å². The second-order valence-corrected chi connectivity index (χ2v) is 7.91. The fraction of sp³-hybridized carbons (Fsp3) is 0.667. The van der Waals surface area contributed by atoms with Gasteiger partial charge in [0.05, 0.1) is 0 Å². The summed E-state index contributed by atoms with van der Waals surface area (Å²) >= 11 is 0. The van der Waals surface area contributed by atoms with E-state index in [2.05, 4.69) is 69.3 Å². The Bertz CT molecular complexity index is 571. The van der Waals surface area contributed by atoms with Gasteiger partial charge in [0.1, 0.15) is 0 Å². The van der Waals surface area contributed by atoms with Crippen LogP contribution >= 0.6 is 24.0 Å². The first-order valence-corrected chi connectivity index (χ1v) is 10.1. The molecule has 0 amide bonds. The number of likely N-dealkylation sites (tertiary alicyclic amines) is 1. The fourth-order valence-corrected chi connectivity index (χ4v) is 4.10. The van der Waals surface area contributed by atoms with Crippen LogP contribution in [0.1, 0.15) is 18.9 Å². The molecule has 6 heteroatoms. The molecule has 2 heterocycles. The van der Waals surface area contributed by atoms with Crippen molar-refractivity contribution in [3.8, 4) is 0 Å². The summed E-state index contributed by atoms with van der Waals surface area (Å²) in [6.45, 7) is 10.2. The number of aliphatic imine (C=N–C) groups is 1. The van der Waals surface area contributed by atoms with Crippen LogP contribution < -0.4 is 5.32 Å². The number of benzene rings is 1. The number of piperazine rings is 1. The molecule has 5 nitrogen and oxygen atoms in total. The molecule has 2 unspecified atom stereocenters. The third-order valence-electron chi connectivity index (χ3n) is 5.88. The third kappa shape index (κ3) is 6.61. The van der Waals surface area contributed by atoms with E-state index in [1.807, 2.05) is 7.05 Å². The van der Waals surface area contributed by atoms with Crippen molar-refractivity contribution < 1.29 is 0 Å². The van der Waals surface area contributed by atoms with E-state index in [1.54, 1.807) is 0 Å². The van der Waals surface area contributed by atoms with Gasteiger partial charge in [0.25, 0.3) is 0 Å². The fourth-order valence-electron chi connectivity index (χ4n) is 4.10. The SMILES string of the molecule is CN=C(NCC(C)N1CCN(C)CC1)N1CCC(Cc2ccccc2)C1.I. The van der Waals surface area contributed by atoms with E-state index in [0.717, 1.165) is 31.5 Å². The molecule has 3 rings (SSSR count). The van der Waals surface area contributed by atoms with Crippen molar-refractivity contribution in [2.45, 2.75) is 25.8 Å². The Morgan fingerprint density at radius 3 is 2.52 bits per heavy atom. The molecule has 1 N–H and O–H groups in total. The van der Waals surface area contributed by atoms with Crippen LogP contribution in [-0.4, -0.2) is 86.6 Å². The van der Waals surface area contributed by atoms with Crippen LogP contribution in [0.2, 0.25) is 0 Å². The van der Waals surface area contributed by atoms with E-state index >= 15 is 0 Å². The molecule has 27 heavy (non-hydrogen) atoms. The van der Waals surface area contributed by atoms with Crippen LogP contribution in [-0.2, 0) is 6.42 Å². The minimum absolute atomic E-state index is 0. The molecular formula is C21H36IN5. The first-order valence-electron chi connectivity index (χ1n) is 10.1. The lowest BCUT2D eigenvalue weighted by Crippen LogP contribution is -2.52. The summed E-state index contributed by atoms with van der Waals surface area (Å²) in [4.78, 5) is 12.0. The molecule has 2 aliphatic heterocycles. The van der Waals surface area contributed by atoms with E-state index < -0.39 is 0 Å². The average molecular weight is 485 g/mol. The summed E-state index contributed by atoms with van der Waals surface area (Å²) in [6.07, 6.45) is 2.43. The molecule has 0 saturated carbocycles. The first-order chi connectivity index (χ1) is 12.7. The molecule has 1 aromatic carbocycles. The highest BCUT2D eigenvalue weighted by molar-refractivity contribution is 14.0. The lowest BCUT2D eigenvalue weighted by molar-refractivity contribution is 0.119. The van der Waals surface area contributed by atoms with E-state index in [4.69, 9.17) is 0 Å². The van der Waals surface area contributed by atoms with E-state index in [0.29, 0.717) is 6.04 Å². The number of rotatable bonds is 5. The quantitative estimate of drug-likeness (QED) is 0.395. The number of nitrogens with one attached hydrogen (secondary N) is 1. The predicted octanol–water partition coefficient (Wildman–Crippen LogP) is 2.38. The maximum absolute atomic E-state index is 4.55. The zero-order valence-corrected chi connectivity index (χ0v) is 19.4. The van der Waals surface area contributed by atoms with Crippen molar-refractivity contribution in [3.63, 3.8) is 0 Å². The normalized spacial score (nSPS) is 23.1. The van der Waals surface area contributed by atoms with Gasteiger partial charge in [-0.05, 0) is 38.3 Å². The van der Waals surface area contributed by atoms with Gasteiger partial charge < -0.3 is 15.1 Å². The van der Waals surface area contributed by atoms with Crippen molar-refractivity contribution in [2.24, 2.45) is 10.9 Å². The summed E-state index contributed by atoms with van der Waals surface area (Å²) in [5, 5.41) is 3.62. The maximum atomic E-state index is 4.55. The van der Waals surface area contributed by atoms with Crippen LogP contribution in [0.25, 0.3) is 0 Å².